The van der Waals surface area contributed by atoms with Gasteiger partial charge in [-0.25, -0.2) is 0 Å². The predicted molar refractivity (Wildman–Crippen MR) is 119 cm³/mol. The number of methoxy groups -OCH3 is 1. The Morgan fingerprint density at radius 3 is 2.36 bits per heavy atom. The molecule has 0 atom stereocenters. The first-order chi connectivity index (χ1) is 13.4. The van der Waals surface area contributed by atoms with Crippen molar-refractivity contribution >= 4 is 62.5 Å². The summed E-state index contributed by atoms with van der Waals surface area (Å²) >= 11 is 8.46. The summed E-state index contributed by atoms with van der Waals surface area (Å²) in [5, 5.41) is 8.47. The monoisotopic (exact) mass is 461 g/mol. The molecule has 0 aliphatic rings. The average molecular weight is 462 g/mol. The molecular formula is C20H20BrN3O3S. The van der Waals surface area contributed by atoms with Crippen molar-refractivity contribution in [2.45, 2.75) is 13.3 Å². The summed E-state index contributed by atoms with van der Waals surface area (Å²) < 4.78 is 6.17. The number of ether oxygens (including phenoxy) is 1. The van der Waals surface area contributed by atoms with Gasteiger partial charge in [0, 0.05) is 33.9 Å². The summed E-state index contributed by atoms with van der Waals surface area (Å²) in [7, 11) is 1.58. The van der Waals surface area contributed by atoms with E-state index >= 15 is 0 Å². The average Bonchev–Trinajstić information content (AvgIpc) is 2.67. The Kier molecular flexibility index (Phi) is 8.16. The molecule has 2 rings (SSSR count). The van der Waals surface area contributed by atoms with E-state index in [-0.39, 0.29) is 16.9 Å². The van der Waals surface area contributed by atoms with E-state index in [0.717, 1.165) is 10.0 Å². The van der Waals surface area contributed by atoms with Crippen molar-refractivity contribution in [3.05, 3.63) is 58.6 Å². The van der Waals surface area contributed by atoms with Gasteiger partial charge in [0.05, 0.1) is 7.11 Å². The van der Waals surface area contributed by atoms with E-state index in [1.807, 2.05) is 18.2 Å². The quantitative estimate of drug-likeness (QED) is 0.440. The first kappa shape index (κ1) is 21.6. The Balaban J connectivity index is 1.95. The minimum atomic E-state index is -0.270. The molecule has 0 fully saturated rings. The van der Waals surface area contributed by atoms with Crippen LogP contribution in [0.25, 0.3) is 6.08 Å². The zero-order valence-corrected chi connectivity index (χ0v) is 17.8. The lowest BCUT2D eigenvalue weighted by Crippen LogP contribution is -2.33. The first-order valence-corrected chi connectivity index (χ1v) is 9.65. The number of halogens is 1. The first-order valence-electron chi connectivity index (χ1n) is 8.44. The molecule has 0 aliphatic heterocycles. The van der Waals surface area contributed by atoms with Crippen LogP contribution in [0.4, 0.5) is 11.4 Å². The molecule has 0 spiro atoms. The Morgan fingerprint density at radius 1 is 1.11 bits per heavy atom. The third-order valence-corrected chi connectivity index (χ3v) is 4.29. The van der Waals surface area contributed by atoms with E-state index < -0.39 is 0 Å². The number of benzene rings is 2. The van der Waals surface area contributed by atoms with Gasteiger partial charge in [-0.1, -0.05) is 22.9 Å². The van der Waals surface area contributed by atoms with Gasteiger partial charge in [-0.15, -0.1) is 0 Å². The second-order valence-electron chi connectivity index (χ2n) is 5.64. The van der Waals surface area contributed by atoms with Crippen LogP contribution in [-0.2, 0) is 9.59 Å². The lowest BCUT2D eigenvalue weighted by molar-refractivity contribution is -0.119. The normalized spacial score (nSPS) is 10.4. The van der Waals surface area contributed by atoms with Crippen LogP contribution in [0.15, 0.2) is 53.0 Å². The number of thiocarbonyl (C=S) groups is 1. The molecule has 2 amide bonds. The van der Waals surface area contributed by atoms with Gasteiger partial charge in [-0.3, -0.25) is 9.59 Å². The van der Waals surface area contributed by atoms with Crippen molar-refractivity contribution in [3.8, 4) is 5.75 Å². The van der Waals surface area contributed by atoms with Gasteiger partial charge >= 0.3 is 0 Å². The fourth-order valence-corrected chi connectivity index (χ4v) is 2.81. The maximum atomic E-state index is 12.2. The van der Waals surface area contributed by atoms with Gasteiger partial charge in [-0.2, -0.15) is 0 Å². The fourth-order valence-electron chi connectivity index (χ4n) is 2.20. The van der Waals surface area contributed by atoms with E-state index in [4.69, 9.17) is 17.0 Å². The molecule has 0 saturated carbocycles. The van der Waals surface area contributed by atoms with Gasteiger partial charge in [0.25, 0.3) is 0 Å². The van der Waals surface area contributed by atoms with Crippen LogP contribution in [0.5, 0.6) is 5.75 Å². The van der Waals surface area contributed by atoms with E-state index in [2.05, 4.69) is 31.9 Å². The molecule has 28 heavy (non-hydrogen) atoms. The number of anilines is 2. The molecule has 0 unspecified atom stereocenters. The topological polar surface area (TPSA) is 79.5 Å². The summed E-state index contributed by atoms with van der Waals surface area (Å²) in [4.78, 5) is 23.5. The summed E-state index contributed by atoms with van der Waals surface area (Å²) in [6, 6.07) is 12.5. The number of hydrogen-bond donors (Lipinski definition) is 3. The standard InChI is InChI=1S/C20H20BrN3O3S/c1-3-18(25)24-20(28)23-16-8-6-15(7-9-16)22-19(26)11-4-13-12-14(21)5-10-17(13)27-2/h4-12H,3H2,1-2H3,(H,22,26)(H2,23,24,25,28)/b11-4+. The van der Waals surface area contributed by atoms with Gasteiger partial charge < -0.3 is 20.7 Å². The molecular weight excluding hydrogens is 442 g/mol. The molecule has 0 aliphatic carbocycles. The molecule has 2 aromatic carbocycles. The van der Waals surface area contributed by atoms with Crippen molar-refractivity contribution in [2.24, 2.45) is 0 Å². The highest BCUT2D eigenvalue weighted by atomic mass is 79.9. The van der Waals surface area contributed by atoms with E-state index in [1.54, 1.807) is 44.4 Å². The summed E-state index contributed by atoms with van der Waals surface area (Å²) in [5.74, 6) is 0.248. The van der Waals surface area contributed by atoms with Crippen LogP contribution in [0.1, 0.15) is 18.9 Å². The van der Waals surface area contributed by atoms with Gasteiger partial charge in [0.2, 0.25) is 11.8 Å². The van der Waals surface area contributed by atoms with E-state index in [9.17, 15) is 9.59 Å². The van der Waals surface area contributed by atoms with Crippen LogP contribution >= 0.6 is 28.1 Å². The summed E-state index contributed by atoms with van der Waals surface area (Å²) in [6.07, 6.45) is 3.47. The SMILES string of the molecule is CCC(=O)NC(=S)Nc1ccc(NC(=O)/C=C/c2cc(Br)ccc2OC)cc1. The molecule has 0 saturated heterocycles. The largest absolute Gasteiger partial charge is 0.496 e. The Hall–Kier alpha value is -2.71. The zero-order valence-electron chi connectivity index (χ0n) is 15.4. The van der Waals surface area contributed by atoms with Crippen LogP contribution in [-0.4, -0.2) is 24.0 Å². The lowest BCUT2D eigenvalue weighted by atomic mass is 10.2. The van der Waals surface area contributed by atoms with Gasteiger partial charge in [-0.05, 0) is 60.8 Å². The van der Waals surface area contributed by atoms with Crippen molar-refractivity contribution in [1.29, 1.82) is 0 Å². The van der Waals surface area contributed by atoms with Gasteiger partial charge in [0.1, 0.15) is 5.75 Å². The zero-order chi connectivity index (χ0) is 20.5. The van der Waals surface area contributed by atoms with Crippen LogP contribution in [0, 0.1) is 0 Å². The molecule has 0 radical (unpaired) electrons. The molecule has 3 N–H and O–H groups in total. The minimum Gasteiger partial charge on any atom is -0.496 e. The van der Waals surface area contributed by atoms with Crippen molar-refractivity contribution in [1.82, 2.24) is 5.32 Å². The highest BCUT2D eigenvalue weighted by Gasteiger charge is 2.04. The van der Waals surface area contributed by atoms with Crippen molar-refractivity contribution in [3.63, 3.8) is 0 Å². The molecule has 6 nitrogen and oxygen atoms in total. The third-order valence-electron chi connectivity index (χ3n) is 3.59. The van der Waals surface area contributed by atoms with E-state index in [0.29, 0.717) is 23.5 Å². The van der Waals surface area contributed by atoms with E-state index in [1.165, 1.54) is 6.08 Å². The Labute approximate surface area is 177 Å². The smallest absolute Gasteiger partial charge is 0.248 e. The third kappa shape index (κ3) is 6.79. The second kappa shape index (κ2) is 10.6. The second-order valence-corrected chi connectivity index (χ2v) is 6.97. The lowest BCUT2D eigenvalue weighted by Gasteiger charge is -2.09. The summed E-state index contributed by atoms with van der Waals surface area (Å²) in [6.45, 7) is 1.75. The molecule has 8 heteroatoms. The summed E-state index contributed by atoms with van der Waals surface area (Å²) in [5.41, 5.74) is 2.12. The highest BCUT2D eigenvalue weighted by molar-refractivity contribution is 9.10. The molecule has 0 heterocycles. The van der Waals surface area contributed by atoms with Crippen molar-refractivity contribution in [2.75, 3.05) is 17.7 Å². The number of amides is 2. The number of rotatable bonds is 6. The molecule has 0 aromatic heterocycles. The number of carbonyl (C=O) groups excluding carboxylic acids is 2. The van der Waals surface area contributed by atoms with Gasteiger partial charge in [0.15, 0.2) is 5.11 Å². The highest BCUT2D eigenvalue weighted by Crippen LogP contribution is 2.24. The number of carbonyl (C=O) groups is 2. The fraction of sp³-hybridized carbons (Fsp3) is 0.150. The van der Waals surface area contributed by atoms with Crippen molar-refractivity contribution < 1.29 is 14.3 Å². The predicted octanol–water partition coefficient (Wildman–Crippen LogP) is 4.33. The van der Waals surface area contributed by atoms with Crippen LogP contribution in [0.2, 0.25) is 0 Å². The Morgan fingerprint density at radius 2 is 1.75 bits per heavy atom. The molecule has 146 valence electrons. The van der Waals surface area contributed by atoms with Crippen LogP contribution < -0.4 is 20.7 Å². The van der Waals surface area contributed by atoms with Crippen LogP contribution in [0.3, 0.4) is 0 Å². The minimum absolute atomic E-state index is 0.157. The maximum Gasteiger partial charge on any atom is 0.248 e. The number of hydrogen-bond acceptors (Lipinski definition) is 4. The molecule has 2 aromatic rings. The Bertz CT molecular complexity index is 898. The number of nitrogens with one attached hydrogen (secondary N) is 3. The maximum absolute atomic E-state index is 12.2. The molecule has 0 bridgehead atoms.